The van der Waals surface area contributed by atoms with E-state index in [1.807, 2.05) is 41.5 Å². The van der Waals surface area contributed by atoms with E-state index in [4.69, 9.17) is 36.1 Å². The van der Waals surface area contributed by atoms with Crippen LogP contribution in [0.4, 0.5) is 36.0 Å². The number of alkyl carbamates (subject to hydrolysis) is 2. The summed E-state index contributed by atoms with van der Waals surface area (Å²) < 4.78 is 60.4. The highest BCUT2D eigenvalue weighted by molar-refractivity contribution is 7.84. The van der Waals surface area contributed by atoms with Gasteiger partial charge < -0.3 is 52.1 Å². The fraction of sp³-hybridized carbons (Fsp3) is 0.529. The van der Waals surface area contributed by atoms with Crippen LogP contribution in [0.2, 0.25) is 0 Å². The number of nitrogens with one attached hydrogen (secondary N) is 3. The number of benzene rings is 2. The maximum absolute atomic E-state index is 14.1. The summed E-state index contributed by atoms with van der Waals surface area (Å²) in [7, 11) is 1.42. The SMILES string of the molecule is C.CC(C)(C)OC(=O)NC1CCC(N)CC1.CCS(=O)c1ncc(C(=O)c2cc(F)c(C)cc2OC)c(N)n1.COc1cc(C)c(F)cc1C(=O)c1cnc(NC2CCC(NC(=O)OC(C)(C)C)CC2)nc1N. The van der Waals surface area contributed by atoms with E-state index in [-0.39, 0.29) is 82.2 Å². The first-order valence-corrected chi connectivity index (χ1v) is 25.0. The van der Waals surface area contributed by atoms with Crippen molar-refractivity contribution in [3.05, 3.63) is 81.7 Å². The van der Waals surface area contributed by atoms with E-state index in [0.29, 0.717) is 28.9 Å². The molecule has 0 spiro atoms. The van der Waals surface area contributed by atoms with E-state index >= 15 is 0 Å². The lowest BCUT2D eigenvalue weighted by Crippen LogP contribution is -2.42. The number of hydrogen-bond acceptors (Lipinski definition) is 17. The molecule has 2 aliphatic carbocycles. The molecule has 6 rings (SSSR count). The Hall–Kier alpha value is -6.55. The highest BCUT2D eigenvalue weighted by Crippen LogP contribution is 2.29. The van der Waals surface area contributed by atoms with Gasteiger partial charge in [-0.1, -0.05) is 14.4 Å². The maximum atomic E-state index is 14.1. The summed E-state index contributed by atoms with van der Waals surface area (Å²) in [6, 6.07) is 5.80. The minimum Gasteiger partial charge on any atom is -0.496 e. The van der Waals surface area contributed by atoms with Gasteiger partial charge in [-0.15, -0.1) is 0 Å². The van der Waals surface area contributed by atoms with Crippen molar-refractivity contribution in [2.24, 2.45) is 5.73 Å². The molecule has 19 nitrogen and oxygen atoms in total. The third-order valence-corrected chi connectivity index (χ3v) is 12.4. The van der Waals surface area contributed by atoms with E-state index in [9.17, 15) is 32.2 Å². The lowest BCUT2D eigenvalue weighted by atomic mass is 9.91. The molecule has 0 saturated heterocycles. The summed E-state index contributed by atoms with van der Waals surface area (Å²) in [6.07, 6.45) is 8.85. The fourth-order valence-corrected chi connectivity index (χ4v) is 8.13. The first kappa shape index (κ1) is 60.8. The molecule has 1 atom stereocenters. The second-order valence-corrected chi connectivity index (χ2v) is 21.1. The van der Waals surface area contributed by atoms with Gasteiger partial charge in [0.15, 0.2) is 0 Å². The number of ketones is 2. The maximum Gasteiger partial charge on any atom is 0.407 e. The molecule has 73 heavy (non-hydrogen) atoms. The minimum atomic E-state index is -1.38. The van der Waals surface area contributed by atoms with Crippen LogP contribution in [0.5, 0.6) is 11.5 Å². The molecule has 2 heterocycles. The number of nitrogens with zero attached hydrogens (tertiary/aromatic N) is 4. The molecule has 0 radical (unpaired) electrons. The quantitative estimate of drug-likeness (QED) is 0.0574. The van der Waals surface area contributed by atoms with Crippen LogP contribution in [0, 0.1) is 25.5 Å². The van der Waals surface area contributed by atoms with Gasteiger partial charge in [0.05, 0.1) is 47.3 Å². The molecule has 1 unspecified atom stereocenters. The molecular formula is C51H74F2N10O9S. The van der Waals surface area contributed by atoms with Crippen LogP contribution >= 0.6 is 0 Å². The van der Waals surface area contributed by atoms with Gasteiger partial charge in [-0.25, -0.2) is 33.3 Å². The Bertz CT molecular complexity index is 2580. The summed E-state index contributed by atoms with van der Waals surface area (Å²) in [5.74, 6) is -1.12. The molecule has 0 aliphatic heterocycles. The summed E-state index contributed by atoms with van der Waals surface area (Å²) in [4.78, 5) is 65.2. The number of ether oxygens (including phenoxy) is 4. The Labute approximate surface area is 429 Å². The summed E-state index contributed by atoms with van der Waals surface area (Å²) in [6.45, 7) is 15.9. The number of nitrogen functional groups attached to an aromatic ring is 2. The summed E-state index contributed by atoms with van der Waals surface area (Å²) in [5, 5.41) is 9.08. The third-order valence-electron chi connectivity index (χ3n) is 11.3. The van der Waals surface area contributed by atoms with Gasteiger partial charge in [-0.2, -0.15) is 4.98 Å². The molecule has 2 aliphatic rings. The summed E-state index contributed by atoms with van der Waals surface area (Å²) in [5.41, 5.74) is 17.5. The number of hydrogen-bond donors (Lipinski definition) is 6. The van der Waals surface area contributed by atoms with E-state index < -0.39 is 51.3 Å². The van der Waals surface area contributed by atoms with Gasteiger partial charge in [-0.3, -0.25) is 13.8 Å². The predicted octanol–water partition coefficient (Wildman–Crippen LogP) is 8.28. The van der Waals surface area contributed by atoms with Crippen molar-refractivity contribution in [3.63, 3.8) is 0 Å². The standard InChI is InChI=1S/C24H32FN5O4.C15H16FN3O3S.C11H22N2O2.CH4/c1-13-10-19(33-5)16(11-18(13)25)20(31)17-12-27-22(30-21(17)26)28-14-6-8-15(9-7-14)29-23(32)34-24(2,3)4;1-4-23(21)15-18-7-10(14(17)19-15)13(20)9-6-11(16)8(2)5-12(9)22-3;1-11(2,3)15-10(14)13-9-6-4-8(12)5-7-9;/h10-12,14-15H,6-9H2,1-5H3,(H,29,32)(H3,26,27,28,30);5-7H,4H2,1-3H3,(H2,17,18,19);8-9H,4-7,12H2,1-3H3,(H,13,14);1H4. The topological polar surface area (TPSA) is 288 Å². The molecule has 2 saturated carbocycles. The van der Waals surface area contributed by atoms with E-state index in [1.54, 1.807) is 20.8 Å². The van der Waals surface area contributed by atoms with Crippen molar-refractivity contribution in [1.82, 2.24) is 30.6 Å². The lowest BCUT2D eigenvalue weighted by molar-refractivity contribution is 0.0480. The fourth-order valence-electron chi connectivity index (χ4n) is 7.50. The number of amides is 2. The molecular weight excluding hydrogens is 967 g/mol. The Kier molecular flexibility index (Phi) is 22.4. The Morgan fingerprint density at radius 3 is 1.44 bits per heavy atom. The van der Waals surface area contributed by atoms with Crippen molar-refractivity contribution >= 4 is 52.1 Å². The van der Waals surface area contributed by atoms with Gasteiger partial charge in [0.2, 0.25) is 22.7 Å². The monoisotopic (exact) mass is 1040 g/mol. The van der Waals surface area contributed by atoms with Crippen molar-refractivity contribution in [2.75, 3.05) is 36.8 Å². The number of anilines is 3. The molecule has 4 aromatic rings. The second kappa shape index (κ2) is 26.9. The van der Waals surface area contributed by atoms with E-state index in [1.165, 1.54) is 38.7 Å². The first-order chi connectivity index (χ1) is 33.7. The van der Waals surface area contributed by atoms with Gasteiger partial charge in [-0.05, 0) is 142 Å². The Morgan fingerprint density at radius 2 is 1.05 bits per heavy atom. The Morgan fingerprint density at radius 1 is 0.658 bits per heavy atom. The van der Waals surface area contributed by atoms with Gasteiger partial charge in [0.25, 0.3) is 0 Å². The number of rotatable bonds is 12. The van der Waals surface area contributed by atoms with Gasteiger partial charge in [0, 0.05) is 42.3 Å². The number of carbonyl (C=O) groups is 4. The van der Waals surface area contributed by atoms with E-state index in [0.717, 1.165) is 63.5 Å². The number of nitrogens with two attached hydrogens (primary N) is 3. The molecule has 402 valence electrons. The van der Waals surface area contributed by atoms with Crippen LogP contribution in [0.1, 0.15) is 150 Å². The zero-order valence-corrected chi connectivity index (χ0v) is 43.8. The highest BCUT2D eigenvalue weighted by atomic mass is 32.2. The van der Waals surface area contributed by atoms with E-state index in [2.05, 4.69) is 35.9 Å². The lowest BCUT2D eigenvalue weighted by Gasteiger charge is -2.30. The number of aryl methyl sites for hydroxylation is 2. The summed E-state index contributed by atoms with van der Waals surface area (Å²) >= 11 is 0. The van der Waals surface area contributed by atoms with Crippen LogP contribution < -0.4 is 42.6 Å². The predicted molar refractivity (Wildman–Crippen MR) is 277 cm³/mol. The minimum absolute atomic E-state index is 0. The van der Waals surface area contributed by atoms with Crippen LogP contribution in [-0.4, -0.2) is 103 Å². The molecule has 2 aromatic carbocycles. The average molecular weight is 1040 g/mol. The number of halogens is 2. The largest absolute Gasteiger partial charge is 0.496 e. The molecule has 9 N–H and O–H groups in total. The molecule has 0 bridgehead atoms. The van der Waals surface area contributed by atoms with Crippen LogP contribution in [-0.2, 0) is 20.3 Å². The van der Waals surface area contributed by atoms with Crippen molar-refractivity contribution < 1.29 is 51.1 Å². The van der Waals surface area contributed by atoms with Crippen LogP contribution in [0.3, 0.4) is 0 Å². The van der Waals surface area contributed by atoms with Crippen molar-refractivity contribution in [2.45, 2.75) is 162 Å². The van der Waals surface area contributed by atoms with Crippen molar-refractivity contribution in [1.29, 1.82) is 0 Å². The van der Waals surface area contributed by atoms with Crippen LogP contribution in [0.15, 0.2) is 41.8 Å². The molecule has 2 fully saturated rings. The molecule has 2 amide bonds. The van der Waals surface area contributed by atoms with Crippen LogP contribution in [0.25, 0.3) is 0 Å². The van der Waals surface area contributed by atoms with Gasteiger partial charge in [0.1, 0.15) is 46.0 Å². The molecule has 2 aromatic heterocycles. The smallest absolute Gasteiger partial charge is 0.407 e. The van der Waals surface area contributed by atoms with Crippen molar-refractivity contribution in [3.8, 4) is 11.5 Å². The normalized spacial score (nSPS) is 17.8. The zero-order chi connectivity index (χ0) is 53.7. The first-order valence-electron chi connectivity index (χ1n) is 23.6. The number of aromatic nitrogens is 4. The third kappa shape index (κ3) is 18.5. The molecule has 22 heteroatoms. The zero-order valence-electron chi connectivity index (χ0n) is 43.0. The number of carbonyl (C=O) groups excluding carboxylic acids is 4. The second-order valence-electron chi connectivity index (χ2n) is 19.4. The average Bonchev–Trinajstić information content (AvgIpc) is 3.30. The highest BCUT2D eigenvalue weighted by Gasteiger charge is 2.28. The number of methoxy groups -OCH3 is 2. The Balaban J connectivity index is 0.000000312. The van der Waals surface area contributed by atoms with Gasteiger partial charge >= 0.3 is 12.2 Å².